The zero-order valence-electron chi connectivity index (χ0n) is 16.3. The number of benzene rings is 2. The number of hydrogen-bond donors (Lipinski definition) is 1. The van der Waals surface area contributed by atoms with Gasteiger partial charge in [-0.05, 0) is 24.3 Å². The minimum Gasteiger partial charge on any atom is -0.497 e. The van der Waals surface area contributed by atoms with Crippen molar-refractivity contribution in [3.8, 4) is 11.5 Å². The molecule has 0 atom stereocenters. The Kier molecular flexibility index (Phi) is 6.71. The summed E-state index contributed by atoms with van der Waals surface area (Å²) >= 11 is 0. The van der Waals surface area contributed by atoms with Crippen molar-refractivity contribution in [2.75, 3.05) is 58.4 Å². The van der Waals surface area contributed by atoms with Gasteiger partial charge in [-0.3, -0.25) is 9.69 Å². The van der Waals surface area contributed by atoms with E-state index in [4.69, 9.17) is 9.47 Å². The molecular formula is C21H26FN3O3. The van der Waals surface area contributed by atoms with Crippen LogP contribution in [0.15, 0.2) is 42.5 Å². The van der Waals surface area contributed by atoms with Crippen LogP contribution in [0.25, 0.3) is 0 Å². The zero-order valence-corrected chi connectivity index (χ0v) is 16.3. The van der Waals surface area contributed by atoms with Gasteiger partial charge in [0.2, 0.25) is 0 Å². The van der Waals surface area contributed by atoms with Gasteiger partial charge in [0.15, 0.2) is 0 Å². The number of para-hydroxylation sites is 1. The third kappa shape index (κ3) is 4.92. The van der Waals surface area contributed by atoms with E-state index < -0.39 is 0 Å². The summed E-state index contributed by atoms with van der Waals surface area (Å²) in [6.45, 7) is 4.48. The number of rotatable bonds is 7. The first-order valence-electron chi connectivity index (χ1n) is 9.34. The fourth-order valence-electron chi connectivity index (χ4n) is 3.29. The monoisotopic (exact) mass is 387 g/mol. The van der Waals surface area contributed by atoms with Gasteiger partial charge in [0, 0.05) is 50.9 Å². The minimum atomic E-state index is -0.183. The Labute approximate surface area is 164 Å². The second-order valence-electron chi connectivity index (χ2n) is 6.64. The molecule has 0 radical (unpaired) electrons. The molecule has 1 aliphatic rings. The Hall–Kier alpha value is -2.80. The van der Waals surface area contributed by atoms with Crippen LogP contribution in [0.3, 0.4) is 0 Å². The van der Waals surface area contributed by atoms with E-state index in [1.807, 2.05) is 12.1 Å². The quantitative estimate of drug-likeness (QED) is 0.791. The SMILES string of the molecule is COc1cc(OC)cc(C(=O)NCCN2CCN(c3ccccc3F)CC2)c1. The van der Waals surface area contributed by atoms with Gasteiger partial charge < -0.3 is 19.7 Å². The van der Waals surface area contributed by atoms with Crippen LogP contribution in [0.4, 0.5) is 10.1 Å². The molecule has 3 rings (SSSR count). The number of anilines is 1. The third-order valence-electron chi connectivity index (χ3n) is 4.89. The average molecular weight is 387 g/mol. The molecule has 7 heteroatoms. The van der Waals surface area contributed by atoms with E-state index in [-0.39, 0.29) is 11.7 Å². The lowest BCUT2D eigenvalue weighted by Gasteiger charge is -2.36. The van der Waals surface area contributed by atoms with Gasteiger partial charge in [0.25, 0.3) is 5.91 Å². The number of nitrogens with one attached hydrogen (secondary N) is 1. The van der Waals surface area contributed by atoms with Gasteiger partial charge in [-0.1, -0.05) is 12.1 Å². The van der Waals surface area contributed by atoms with E-state index in [1.165, 1.54) is 6.07 Å². The van der Waals surface area contributed by atoms with E-state index in [0.717, 1.165) is 32.7 Å². The van der Waals surface area contributed by atoms with Crippen LogP contribution in [0.1, 0.15) is 10.4 Å². The van der Waals surface area contributed by atoms with Crippen molar-refractivity contribution in [2.24, 2.45) is 0 Å². The highest BCUT2D eigenvalue weighted by Crippen LogP contribution is 2.22. The molecule has 2 aromatic rings. The molecule has 1 heterocycles. The number of methoxy groups -OCH3 is 2. The Balaban J connectivity index is 1.46. The summed E-state index contributed by atoms with van der Waals surface area (Å²) in [6, 6.07) is 12.0. The Morgan fingerprint density at radius 1 is 1.04 bits per heavy atom. The van der Waals surface area contributed by atoms with Crippen LogP contribution in [0.2, 0.25) is 0 Å². The number of carbonyl (C=O) groups excluding carboxylic acids is 1. The van der Waals surface area contributed by atoms with Crippen LogP contribution >= 0.6 is 0 Å². The smallest absolute Gasteiger partial charge is 0.251 e. The van der Waals surface area contributed by atoms with Crippen molar-refractivity contribution in [3.63, 3.8) is 0 Å². The lowest BCUT2D eigenvalue weighted by molar-refractivity contribution is 0.0947. The summed E-state index contributed by atoms with van der Waals surface area (Å²) in [5, 5.41) is 2.94. The number of hydrogen-bond acceptors (Lipinski definition) is 5. The van der Waals surface area contributed by atoms with E-state index in [2.05, 4.69) is 15.1 Å². The molecule has 0 saturated carbocycles. The molecule has 0 unspecified atom stereocenters. The predicted molar refractivity (Wildman–Crippen MR) is 107 cm³/mol. The highest BCUT2D eigenvalue weighted by atomic mass is 19.1. The van der Waals surface area contributed by atoms with Gasteiger partial charge >= 0.3 is 0 Å². The third-order valence-corrected chi connectivity index (χ3v) is 4.89. The van der Waals surface area contributed by atoms with Crippen molar-refractivity contribution in [2.45, 2.75) is 0 Å². The first-order chi connectivity index (χ1) is 13.6. The molecule has 150 valence electrons. The molecule has 28 heavy (non-hydrogen) atoms. The molecule has 0 aromatic heterocycles. The highest BCUT2D eigenvalue weighted by molar-refractivity contribution is 5.95. The van der Waals surface area contributed by atoms with Gasteiger partial charge in [-0.15, -0.1) is 0 Å². The van der Waals surface area contributed by atoms with Gasteiger partial charge in [0.05, 0.1) is 19.9 Å². The number of piperazine rings is 1. The lowest BCUT2D eigenvalue weighted by atomic mass is 10.2. The second kappa shape index (κ2) is 9.41. The molecule has 1 amide bonds. The maximum Gasteiger partial charge on any atom is 0.251 e. The van der Waals surface area contributed by atoms with Crippen LogP contribution in [-0.2, 0) is 0 Å². The number of halogens is 1. The molecule has 1 saturated heterocycles. The van der Waals surface area contributed by atoms with Gasteiger partial charge in [-0.25, -0.2) is 4.39 Å². The highest BCUT2D eigenvalue weighted by Gasteiger charge is 2.19. The summed E-state index contributed by atoms with van der Waals surface area (Å²) < 4.78 is 24.3. The summed E-state index contributed by atoms with van der Waals surface area (Å²) in [4.78, 5) is 16.7. The van der Waals surface area contributed by atoms with E-state index in [9.17, 15) is 9.18 Å². The minimum absolute atomic E-state index is 0.165. The fourth-order valence-corrected chi connectivity index (χ4v) is 3.29. The Bertz CT molecular complexity index is 785. The Morgan fingerprint density at radius 3 is 2.29 bits per heavy atom. The number of ether oxygens (including phenoxy) is 2. The average Bonchev–Trinajstić information content (AvgIpc) is 2.74. The largest absolute Gasteiger partial charge is 0.497 e. The summed E-state index contributed by atoms with van der Waals surface area (Å²) in [5.74, 6) is 0.807. The van der Waals surface area contributed by atoms with Crippen LogP contribution in [-0.4, -0.2) is 64.3 Å². The first kappa shape index (κ1) is 19.9. The summed E-state index contributed by atoms with van der Waals surface area (Å²) in [5.41, 5.74) is 1.16. The van der Waals surface area contributed by atoms with E-state index >= 15 is 0 Å². The molecule has 6 nitrogen and oxygen atoms in total. The topological polar surface area (TPSA) is 54.0 Å². The number of amides is 1. The van der Waals surface area contributed by atoms with Crippen molar-refractivity contribution < 1.29 is 18.7 Å². The predicted octanol–water partition coefficient (Wildman–Crippen LogP) is 2.39. The molecule has 1 fully saturated rings. The van der Waals surface area contributed by atoms with Crippen molar-refractivity contribution >= 4 is 11.6 Å². The standard InChI is InChI=1S/C21H26FN3O3/c1-27-17-13-16(14-18(15-17)28-2)21(26)23-7-8-24-9-11-25(12-10-24)20-6-4-3-5-19(20)22/h3-6,13-15H,7-12H2,1-2H3,(H,23,26). The molecule has 0 aliphatic carbocycles. The normalized spacial score (nSPS) is 14.6. The zero-order chi connectivity index (χ0) is 19.9. The van der Waals surface area contributed by atoms with Gasteiger partial charge in [-0.2, -0.15) is 0 Å². The lowest BCUT2D eigenvalue weighted by Crippen LogP contribution is -2.48. The number of carbonyl (C=O) groups is 1. The number of nitrogens with zero attached hydrogens (tertiary/aromatic N) is 2. The van der Waals surface area contributed by atoms with E-state index in [0.29, 0.717) is 29.3 Å². The molecule has 0 spiro atoms. The molecule has 0 bridgehead atoms. The van der Waals surface area contributed by atoms with Crippen molar-refractivity contribution in [3.05, 3.63) is 53.8 Å². The fraction of sp³-hybridized carbons (Fsp3) is 0.381. The van der Waals surface area contributed by atoms with Crippen LogP contribution < -0.4 is 19.7 Å². The first-order valence-corrected chi connectivity index (χ1v) is 9.34. The summed E-state index contributed by atoms with van der Waals surface area (Å²) in [7, 11) is 3.11. The molecule has 1 N–H and O–H groups in total. The van der Waals surface area contributed by atoms with Crippen LogP contribution in [0.5, 0.6) is 11.5 Å². The maximum absolute atomic E-state index is 13.9. The molecule has 2 aromatic carbocycles. The molecular weight excluding hydrogens is 361 g/mol. The maximum atomic E-state index is 13.9. The molecule has 1 aliphatic heterocycles. The van der Waals surface area contributed by atoms with Crippen molar-refractivity contribution in [1.29, 1.82) is 0 Å². The van der Waals surface area contributed by atoms with Gasteiger partial charge in [0.1, 0.15) is 17.3 Å². The van der Waals surface area contributed by atoms with Crippen LogP contribution in [0, 0.1) is 5.82 Å². The Morgan fingerprint density at radius 2 is 1.68 bits per heavy atom. The second-order valence-corrected chi connectivity index (χ2v) is 6.64. The summed E-state index contributed by atoms with van der Waals surface area (Å²) in [6.07, 6.45) is 0. The van der Waals surface area contributed by atoms with E-state index in [1.54, 1.807) is 38.5 Å². The van der Waals surface area contributed by atoms with Crippen molar-refractivity contribution in [1.82, 2.24) is 10.2 Å².